The Labute approximate surface area is 163 Å². The predicted octanol–water partition coefficient (Wildman–Crippen LogP) is 3.85. The van der Waals surface area contributed by atoms with Crippen molar-refractivity contribution in [2.24, 2.45) is 5.92 Å². The minimum atomic E-state index is -0.526. The van der Waals surface area contributed by atoms with Crippen LogP contribution in [0.4, 0.5) is 0 Å². The van der Waals surface area contributed by atoms with Gasteiger partial charge in [0.1, 0.15) is 11.8 Å². The van der Waals surface area contributed by atoms with Gasteiger partial charge >= 0.3 is 0 Å². The lowest BCUT2D eigenvalue weighted by atomic mass is 9.83. The van der Waals surface area contributed by atoms with Crippen LogP contribution in [0.1, 0.15) is 42.7 Å². The highest BCUT2D eigenvalue weighted by Gasteiger charge is 2.31. The lowest BCUT2D eigenvalue weighted by Crippen LogP contribution is -2.50. The van der Waals surface area contributed by atoms with Gasteiger partial charge in [-0.15, -0.1) is 0 Å². The smallest absolute Gasteiger partial charge is 0.287 e. The Morgan fingerprint density at radius 3 is 2.71 bits per heavy atom. The SMILES string of the molecule is CNC(=O)[C@@H](NC(=O)c1ccc(-c2ccc3cc[nH]c3c2)o1)C1CCCCC1. The van der Waals surface area contributed by atoms with Crippen LogP contribution in [0, 0.1) is 5.92 Å². The van der Waals surface area contributed by atoms with Crippen LogP contribution in [0.2, 0.25) is 0 Å². The minimum Gasteiger partial charge on any atom is -0.451 e. The third kappa shape index (κ3) is 3.67. The highest BCUT2D eigenvalue weighted by molar-refractivity contribution is 5.96. The maximum atomic E-state index is 12.7. The molecular formula is C22H25N3O3. The van der Waals surface area contributed by atoms with Crippen molar-refractivity contribution in [1.29, 1.82) is 0 Å². The van der Waals surface area contributed by atoms with Crippen molar-refractivity contribution in [1.82, 2.24) is 15.6 Å². The van der Waals surface area contributed by atoms with Crippen LogP contribution >= 0.6 is 0 Å². The number of hydrogen-bond acceptors (Lipinski definition) is 3. The lowest BCUT2D eigenvalue weighted by molar-refractivity contribution is -0.124. The molecule has 1 saturated carbocycles. The molecule has 6 heteroatoms. The van der Waals surface area contributed by atoms with Crippen LogP contribution in [0.3, 0.4) is 0 Å². The first-order valence-corrected chi connectivity index (χ1v) is 9.85. The van der Waals surface area contributed by atoms with E-state index in [9.17, 15) is 9.59 Å². The second-order valence-corrected chi connectivity index (χ2v) is 7.41. The van der Waals surface area contributed by atoms with Crippen molar-refractivity contribution in [2.75, 3.05) is 7.05 Å². The van der Waals surface area contributed by atoms with E-state index >= 15 is 0 Å². The first-order chi connectivity index (χ1) is 13.7. The summed E-state index contributed by atoms with van der Waals surface area (Å²) >= 11 is 0. The van der Waals surface area contributed by atoms with Gasteiger partial charge in [-0.25, -0.2) is 0 Å². The maximum absolute atomic E-state index is 12.7. The Morgan fingerprint density at radius 2 is 1.93 bits per heavy atom. The Morgan fingerprint density at radius 1 is 1.11 bits per heavy atom. The molecule has 4 rings (SSSR count). The van der Waals surface area contributed by atoms with E-state index in [0.717, 1.165) is 42.1 Å². The van der Waals surface area contributed by atoms with Crippen molar-refractivity contribution in [3.05, 3.63) is 48.4 Å². The molecule has 0 aliphatic heterocycles. The summed E-state index contributed by atoms with van der Waals surface area (Å²) in [7, 11) is 1.60. The van der Waals surface area contributed by atoms with Crippen molar-refractivity contribution < 1.29 is 14.0 Å². The van der Waals surface area contributed by atoms with Crippen molar-refractivity contribution in [2.45, 2.75) is 38.1 Å². The fourth-order valence-corrected chi connectivity index (χ4v) is 4.05. The number of likely N-dealkylation sites (N-methyl/N-ethyl adjacent to an activating group) is 1. The number of amides is 2. The van der Waals surface area contributed by atoms with Gasteiger partial charge in [0.15, 0.2) is 5.76 Å². The fourth-order valence-electron chi connectivity index (χ4n) is 4.05. The van der Waals surface area contributed by atoms with E-state index in [4.69, 9.17) is 4.42 Å². The van der Waals surface area contributed by atoms with E-state index < -0.39 is 6.04 Å². The maximum Gasteiger partial charge on any atom is 0.287 e. The Kier molecular flexibility index (Phi) is 5.19. The molecule has 3 aromatic rings. The summed E-state index contributed by atoms with van der Waals surface area (Å²) in [5.74, 6) is 0.500. The van der Waals surface area contributed by atoms with Crippen molar-refractivity contribution >= 4 is 22.7 Å². The van der Waals surface area contributed by atoms with Gasteiger partial charge in [0.2, 0.25) is 5.91 Å². The Hall–Kier alpha value is -3.02. The third-order valence-electron chi connectivity index (χ3n) is 5.61. The number of fused-ring (bicyclic) bond motifs is 1. The van der Waals surface area contributed by atoms with E-state index in [-0.39, 0.29) is 23.5 Å². The molecule has 1 aliphatic rings. The van der Waals surface area contributed by atoms with Crippen LogP contribution in [0.15, 0.2) is 47.0 Å². The Bertz CT molecular complexity index is 982. The second kappa shape index (κ2) is 7.92. The molecular weight excluding hydrogens is 354 g/mol. The number of furan rings is 1. The summed E-state index contributed by atoms with van der Waals surface area (Å²) in [6, 6.07) is 10.9. The van der Waals surface area contributed by atoms with Gasteiger partial charge in [0.25, 0.3) is 5.91 Å². The Balaban J connectivity index is 1.51. The quantitative estimate of drug-likeness (QED) is 0.629. The first-order valence-electron chi connectivity index (χ1n) is 9.85. The van der Waals surface area contributed by atoms with Crippen molar-refractivity contribution in [3.8, 4) is 11.3 Å². The van der Waals surface area contributed by atoms with Crippen LogP contribution in [-0.4, -0.2) is 29.9 Å². The molecule has 0 unspecified atom stereocenters. The van der Waals surface area contributed by atoms with Crippen LogP contribution < -0.4 is 10.6 Å². The van der Waals surface area contributed by atoms with Crippen molar-refractivity contribution in [3.63, 3.8) is 0 Å². The van der Waals surface area contributed by atoms with Gasteiger partial charge in [0.05, 0.1) is 0 Å². The van der Waals surface area contributed by atoms with Gasteiger partial charge in [-0.2, -0.15) is 0 Å². The molecule has 2 aromatic heterocycles. The highest BCUT2D eigenvalue weighted by Crippen LogP contribution is 2.28. The lowest BCUT2D eigenvalue weighted by Gasteiger charge is -2.29. The molecule has 1 atom stereocenters. The molecule has 0 radical (unpaired) electrons. The van der Waals surface area contributed by atoms with E-state index in [1.165, 1.54) is 6.42 Å². The predicted molar refractivity (Wildman–Crippen MR) is 108 cm³/mol. The number of rotatable bonds is 5. The minimum absolute atomic E-state index is 0.149. The van der Waals surface area contributed by atoms with E-state index in [1.54, 1.807) is 19.2 Å². The largest absolute Gasteiger partial charge is 0.451 e. The van der Waals surface area contributed by atoms with Gasteiger partial charge in [-0.05, 0) is 48.4 Å². The number of carbonyl (C=O) groups is 2. The molecule has 6 nitrogen and oxygen atoms in total. The molecule has 28 heavy (non-hydrogen) atoms. The fraction of sp³-hybridized carbons (Fsp3) is 0.364. The summed E-state index contributed by atoms with van der Waals surface area (Å²) in [5, 5.41) is 6.69. The number of hydrogen-bond donors (Lipinski definition) is 3. The van der Waals surface area contributed by atoms with Gasteiger partial charge in [-0.1, -0.05) is 31.4 Å². The normalized spacial score (nSPS) is 16.0. The summed E-state index contributed by atoms with van der Waals surface area (Å²) < 4.78 is 5.80. The zero-order valence-corrected chi connectivity index (χ0v) is 16.0. The zero-order valence-electron chi connectivity index (χ0n) is 16.0. The number of nitrogens with one attached hydrogen (secondary N) is 3. The summed E-state index contributed by atoms with van der Waals surface area (Å²) in [5.41, 5.74) is 1.90. The van der Waals surface area contributed by atoms with Gasteiger partial charge in [0, 0.05) is 24.3 Å². The molecule has 1 fully saturated rings. The summed E-state index contributed by atoms with van der Waals surface area (Å²) in [6.45, 7) is 0. The van der Waals surface area contributed by atoms with Gasteiger partial charge in [-0.3, -0.25) is 9.59 Å². The van der Waals surface area contributed by atoms with E-state index in [2.05, 4.69) is 15.6 Å². The van der Waals surface area contributed by atoms with Crippen LogP contribution in [0.5, 0.6) is 0 Å². The second-order valence-electron chi connectivity index (χ2n) is 7.41. The number of aromatic amines is 1. The molecule has 2 heterocycles. The van der Waals surface area contributed by atoms with Crippen LogP contribution in [0.25, 0.3) is 22.2 Å². The standard InChI is InChI=1S/C22H25N3O3/c1-23-22(27)20(15-5-3-2-4-6-15)25-21(26)19-10-9-18(28-19)16-8-7-14-11-12-24-17(14)13-16/h7-13,15,20,24H,2-6H2,1H3,(H,23,27)(H,25,26)/t20-/m0/s1. The number of carbonyl (C=O) groups excluding carboxylic acids is 2. The average molecular weight is 379 g/mol. The van der Waals surface area contributed by atoms with Gasteiger partial charge < -0.3 is 20.0 Å². The van der Waals surface area contributed by atoms with E-state index in [0.29, 0.717) is 5.76 Å². The zero-order chi connectivity index (χ0) is 19.5. The molecule has 0 saturated heterocycles. The molecule has 2 amide bonds. The molecule has 0 bridgehead atoms. The molecule has 3 N–H and O–H groups in total. The summed E-state index contributed by atoms with van der Waals surface area (Å²) in [4.78, 5) is 28.3. The average Bonchev–Trinajstić information content (AvgIpc) is 3.40. The molecule has 146 valence electrons. The summed E-state index contributed by atoms with van der Waals surface area (Å²) in [6.07, 6.45) is 7.19. The van der Waals surface area contributed by atoms with Crippen LogP contribution in [-0.2, 0) is 4.79 Å². The van der Waals surface area contributed by atoms with E-state index in [1.807, 2.05) is 30.5 Å². The highest BCUT2D eigenvalue weighted by atomic mass is 16.3. The molecule has 0 spiro atoms. The number of benzene rings is 1. The molecule has 1 aromatic carbocycles. The first kappa shape index (κ1) is 18.3. The number of aromatic nitrogens is 1. The monoisotopic (exact) mass is 379 g/mol. The topological polar surface area (TPSA) is 87.1 Å². The number of H-pyrrole nitrogens is 1. The third-order valence-corrected chi connectivity index (χ3v) is 5.61. The molecule has 1 aliphatic carbocycles.